The van der Waals surface area contributed by atoms with Gasteiger partial charge in [0.2, 0.25) is 0 Å². The minimum atomic E-state index is -0.350. The first-order valence-corrected chi connectivity index (χ1v) is 3.96. The third kappa shape index (κ3) is 4.36. The maximum Gasteiger partial charge on any atom is 1.00 e. The normalized spacial score (nSPS) is 29.9. The molecule has 1 saturated carbocycles. The molecule has 1 rings (SSSR count). The summed E-state index contributed by atoms with van der Waals surface area (Å²) in [5, 5.41) is 13.2. The van der Waals surface area contributed by atoms with Crippen LogP contribution in [-0.4, -0.2) is 17.3 Å². The Kier molecular flexibility index (Phi) is 6.73. The van der Waals surface area contributed by atoms with Crippen molar-refractivity contribution in [2.45, 2.75) is 37.8 Å². The molecule has 0 heterocycles. The Balaban J connectivity index is 0.000001000. The quantitative estimate of drug-likeness (QED) is 0.259. The molecule has 4 heteroatoms. The molecule has 0 bridgehead atoms. The van der Waals surface area contributed by atoms with E-state index < -0.39 is 0 Å². The van der Waals surface area contributed by atoms with Gasteiger partial charge in [0.15, 0.2) is 0 Å². The topological polar surface area (TPSA) is 35.4 Å². The molecule has 0 amide bonds. The fourth-order valence-electron chi connectivity index (χ4n) is 1.25. The van der Waals surface area contributed by atoms with E-state index in [4.69, 9.17) is 0 Å². The fourth-order valence-corrected chi connectivity index (χ4v) is 1.40. The summed E-state index contributed by atoms with van der Waals surface area (Å²) in [4.78, 5) is 3.94. The van der Waals surface area contributed by atoms with E-state index in [2.05, 4.69) is 22.4 Å². The zero-order valence-electron chi connectivity index (χ0n) is 6.75. The molecule has 0 aromatic heterocycles. The van der Waals surface area contributed by atoms with Crippen LogP contribution in [0, 0.1) is 0 Å². The monoisotopic (exact) mass is 179 g/mol. The Bertz CT molecular complexity index is 151. The Morgan fingerprint density at radius 3 is 2.27 bits per heavy atom. The number of rotatable bonds is 1. The average Bonchev–Trinajstić information content (AvgIpc) is 1.95. The molecule has 0 radical (unpaired) electrons. The molecular formula is C7H10NNaOS. The Labute approximate surface area is 94.4 Å². The molecular weight excluding hydrogens is 169 g/mol. The summed E-state index contributed by atoms with van der Waals surface area (Å²) >= 11 is 4.47. The third-order valence-corrected chi connectivity index (χ3v) is 1.98. The van der Waals surface area contributed by atoms with E-state index >= 15 is 0 Å². The summed E-state index contributed by atoms with van der Waals surface area (Å²) in [6, 6.07) is 0.294. The zero-order valence-corrected chi connectivity index (χ0v) is 9.56. The number of nitrogens with zero attached hydrogens (tertiary/aromatic N) is 1. The van der Waals surface area contributed by atoms with Crippen molar-refractivity contribution in [3.63, 3.8) is 0 Å². The third-order valence-electron chi connectivity index (χ3n) is 1.88. The summed E-state index contributed by atoms with van der Waals surface area (Å²) in [5.41, 5.74) is 0. The molecule has 0 aliphatic heterocycles. The number of hydrogen-bond donors (Lipinski definition) is 0. The molecule has 0 atom stereocenters. The molecule has 0 saturated heterocycles. The van der Waals surface area contributed by atoms with Crippen molar-refractivity contribution in [1.29, 1.82) is 0 Å². The number of hydrogen-bond acceptors (Lipinski definition) is 3. The van der Waals surface area contributed by atoms with Crippen LogP contribution >= 0.6 is 12.2 Å². The van der Waals surface area contributed by atoms with Crippen molar-refractivity contribution >= 4 is 17.4 Å². The predicted molar refractivity (Wildman–Crippen MR) is 41.1 cm³/mol. The second-order valence-electron chi connectivity index (χ2n) is 2.65. The van der Waals surface area contributed by atoms with Crippen LogP contribution in [0.25, 0.3) is 0 Å². The molecule has 0 spiro atoms. The van der Waals surface area contributed by atoms with Crippen LogP contribution in [0.4, 0.5) is 0 Å². The van der Waals surface area contributed by atoms with E-state index in [0.29, 0.717) is 6.04 Å². The van der Waals surface area contributed by atoms with Gasteiger partial charge in [0.05, 0.1) is 11.2 Å². The molecule has 1 aliphatic rings. The molecule has 1 aliphatic carbocycles. The van der Waals surface area contributed by atoms with E-state index in [-0.39, 0.29) is 35.7 Å². The van der Waals surface area contributed by atoms with Gasteiger partial charge in [0, 0.05) is 0 Å². The molecule has 0 N–H and O–H groups in total. The van der Waals surface area contributed by atoms with E-state index in [9.17, 15) is 5.11 Å². The van der Waals surface area contributed by atoms with Crippen LogP contribution in [0.15, 0.2) is 4.99 Å². The van der Waals surface area contributed by atoms with Crippen molar-refractivity contribution in [1.82, 2.24) is 0 Å². The molecule has 2 nitrogen and oxygen atoms in total. The van der Waals surface area contributed by atoms with Crippen LogP contribution < -0.4 is 34.7 Å². The number of thiocarbonyl (C=S) groups is 1. The molecule has 0 aromatic carbocycles. The average molecular weight is 179 g/mol. The first kappa shape index (κ1) is 11.8. The maximum absolute atomic E-state index is 10.8. The standard InChI is InChI=1S/C7H10NOS.Na/c9-7-3-1-6(2-4-7)8-5-10;/h6-7H,1-4H2;/q-1;+1. The predicted octanol–water partition coefficient (Wildman–Crippen LogP) is -2.24. The first-order chi connectivity index (χ1) is 4.83. The summed E-state index contributed by atoms with van der Waals surface area (Å²) in [6.07, 6.45) is 2.96. The summed E-state index contributed by atoms with van der Waals surface area (Å²) < 4.78 is 0. The van der Waals surface area contributed by atoms with Gasteiger partial charge in [-0.2, -0.15) is 0 Å². The minimum Gasteiger partial charge on any atom is -0.852 e. The van der Waals surface area contributed by atoms with Gasteiger partial charge in [-0.25, -0.2) is 4.99 Å². The van der Waals surface area contributed by atoms with Crippen molar-refractivity contribution < 1.29 is 34.7 Å². The van der Waals surface area contributed by atoms with Gasteiger partial charge in [-0.3, -0.25) is 0 Å². The first-order valence-electron chi connectivity index (χ1n) is 3.55. The van der Waals surface area contributed by atoms with Gasteiger partial charge in [-0.1, -0.05) is 12.8 Å². The van der Waals surface area contributed by atoms with Gasteiger partial charge < -0.3 is 5.11 Å². The largest absolute Gasteiger partial charge is 1.00 e. The number of isothiocyanates is 1. The molecule has 1 fully saturated rings. The van der Waals surface area contributed by atoms with E-state index in [1.807, 2.05) is 0 Å². The van der Waals surface area contributed by atoms with Gasteiger partial charge in [0.1, 0.15) is 0 Å². The smallest absolute Gasteiger partial charge is 0.852 e. The molecule has 56 valence electrons. The van der Waals surface area contributed by atoms with Crippen molar-refractivity contribution in [2.24, 2.45) is 4.99 Å². The molecule has 0 unspecified atom stereocenters. The van der Waals surface area contributed by atoms with Crippen molar-refractivity contribution in [2.75, 3.05) is 0 Å². The second-order valence-corrected chi connectivity index (χ2v) is 2.83. The van der Waals surface area contributed by atoms with Gasteiger partial charge in [0.25, 0.3) is 0 Å². The van der Waals surface area contributed by atoms with Crippen LogP contribution in [0.3, 0.4) is 0 Å². The van der Waals surface area contributed by atoms with Crippen molar-refractivity contribution in [3.05, 3.63) is 0 Å². The second kappa shape index (κ2) is 6.30. The van der Waals surface area contributed by atoms with Gasteiger partial charge >= 0.3 is 29.6 Å². The van der Waals surface area contributed by atoms with E-state index in [1.54, 1.807) is 0 Å². The maximum atomic E-state index is 10.8. The SMILES string of the molecule is [Na+].[O-]C1CCC(N=C=S)CC1. The minimum absolute atomic E-state index is 0. The van der Waals surface area contributed by atoms with E-state index in [1.165, 1.54) is 0 Å². The Hall–Kier alpha value is 0.760. The van der Waals surface area contributed by atoms with Crippen LogP contribution in [0.5, 0.6) is 0 Å². The van der Waals surface area contributed by atoms with Crippen LogP contribution in [-0.2, 0) is 0 Å². The summed E-state index contributed by atoms with van der Waals surface area (Å²) in [7, 11) is 0. The molecule has 11 heavy (non-hydrogen) atoms. The Morgan fingerprint density at radius 1 is 1.27 bits per heavy atom. The van der Waals surface area contributed by atoms with Crippen LogP contribution in [0.1, 0.15) is 25.7 Å². The fraction of sp³-hybridized carbons (Fsp3) is 0.857. The molecule has 0 aromatic rings. The zero-order chi connectivity index (χ0) is 7.40. The Morgan fingerprint density at radius 2 is 1.82 bits per heavy atom. The summed E-state index contributed by atoms with van der Waals surface area (Å²) in [5.74, 6) is 0. The van der Waals surface area contributed by atoms with Crippen LogP contribution in [0.2, 0.25) is 0 Å². The van der Waals surface area contributed by atoms with Gasteiger partial charge in [-0.05, 0) is 25.1 Å². The summed E-state index contributed by atoms with van der Waals surface area (Å²) in [6.45, 7) is 0. The van der Waals surface area contributed by atoms with Gasteiger partial charge in [-0.15, -0.1) is 6.10 Å². The number of aliphatic imine (C=N–C) groups is 1. The van der Waals surface area contributed by atoms with Crippen molar-refractivity contribution in [3.8, 4) is 0 Å². The van der Waals surface area contributed by atoms with E-state index in [0.717, 1.165) is 25.7 Å².